The topological polar surface area (TPSA) is 35.0 Å². The minimum Gasteiger partial charge on any atom is -0.494 e. The van der Waals surface area contributed by atoms with Crippen LogP contribution in [0.25, 0.3) is 11.4 Å². The van der Waals surface area contributed by atoms with Crippen molar-refractivity contribution in [3.63, 3.8) is 0 Å². The summed E-state index contributed by atoms with van der Waals surface area (Å²) in [6.45, 7) is 5.37. The summed E-state index contributed by atoms with van der Waals surface area (Å²) in [4.78, 5) is 9.16. The van der Waals surface area contributed by atoms with Gasteiger partial charge in [-0.15, -0.1) is 0 Å². The third kappa shape index (κ3) is 9.47. The number of hydrogen-bond donors (Lipinski definition) is 0. The lowest BCUT2D eigenvalue weighted by Gasteiger charge is -2.28. The van der Waals surface area contributed by atoms with E-state index < -0.39 is 0 Å². The van der Waals surface area contributed by atoms with E-state index >= 15 is 0 Å². The SMILES string of the molecule is CCCCCCc1cnc(-c2ccc(OCCCC3CCC(CCCCC)CC3)cc2)nc1. The number of aromatic nitrogens is 2. The van der Waals surface area contributed by atoms with Crippen molar-refractivity contribution in [2.75, 3.05) is 6.61 Å². The van der Waals surface area contributed by atoms with Crippen LogP contribution >= 0.6 is 0 Å². The molecule has 1 heterocycles. The van der Waals surface area contributed by atoms with Crippen molar-refractivity contribution in [2.24, 2.45) is 11.8 Å². The molecule has 0 bridgehead atoms. The van der Waals surface area contributed by atoms with Gasteiger partial charge in [0.25, 0.3) is 0 Å². The monoisotopic (exact) mass is 450 g/mol. The molecule has 0 spiro atoms. The number of nitrogens with zero attached hydrogens (tertiary/aromatic N) is 2. The number of unbranched alkanes of at least 4 members (excludes halogenated alkanes) is 5. The number of aryl methyl sites for hydroxylation is 1. The molecule has 2 aromatic rings. The first-order chi connectivity index (χ1) is 16.3. The number of ether oxygens (including phenoxy) is 1. The van der Waals surface area contributed by atoms with Gasteiger partial charge in [0.1, 0.15) is 5.75 Å². The summed E-state index contributed by atoms with van der Waals surface area (Å²) in [6, 6.07) is 8.26. The summed E-state index contributed by atoms with van der Waals surface area (Å²) in [5, 5.41) is 0. The molecule has 0 aliphatic heterocycles. The molecule has 0 N–H and O–H groups in total. The van der Waals surface area contributed by atoms with Gasteiger partial charge in [-0.1, -0.05) is 84.5 Å². The molecular formula is C30H46N2O. The van der Waals surface area contributed by atoms with Gasteiger partial charge in [-0.2, -0.15) is 0 Å². The Balaban J connectivity index is 1.31. The van der Waals surface area contributed by atoms with Gasteiger partial charge in [0.15, 0.2) is 5.82 Å². The summed E-state index contributed by atoms with van der Waals surface area (Å²) in [6.07, 6.45) is 24.1. The highest BCUT2D eigenvalue weighted by atomic mass is 16.5. The van der Waals surface area contributed by atoms with Crippen LogP contribution < -0.4 is 4.74 Å². The van der Waals surface area contributed by atoms with Crippen LogP contribution in [0.4, 0.5) is 0 Å². The van der Waals surface area contributed by atoms with E-state index in [-0.39, 0.29) is 0 Å². The van der Waals surface area contributed by atoms with Crippen molar-refractivity contribution >= 4 is 0 Å². The summed E-state index contributed by atoms with van der Waals surface area (Å²) >= 11 is 0. The van der Waals surface area contributed by atoms with E-state index in [0.717, 1.165) is 48.4 Å². The van der Waals surface area contributed by atoms with E-state index in [9.17, 15) is 0 Å². The number of benzene rings is 1. The van der Waals surface area contributed by atoms with Crippen LogP contribution in [0.5, 0.6) is 5.75 Å². The van der Waals surface area contributed by atoms with Crippen molar-refractivity contribution in [3.8, 4) is 17.1 Å². The van der Waals surface area contributed by atoms with Crippen LogP contribution in [0.3, 0.4) is 0 Å². The molecule has 0 radical (unpaired) electrons. The van der Waals surface area contributed by atoms with Crippen LogP contribution in [0.2, 0.25) is 0 Å². The van der Waals surface area contributed by atoms with E-state index in [1.54, 1.807) is 0 Å². The second-order valence-electron chi connectivity index (χ2n) is 10.1. The fraction of sp³-hybridized carbons (Fsp3) is 0.667. The Morgan fingerprint density at radius 1 is 0.727 bits per heavy atom. The fourth-order valence-electron chi connectivity index (χ4n) is 5.14. The Morgan fingerprint density at radius 2 is 1.33 bits per heavy atom. The lowest BCUT2D eigenvalue weighted by molar-refractivity contribution is 0.228. The smallest absolute Gasteiger partial charge is 0.159 e. The van der Waals surface area contributed by atoms with E-state index in [4.69, 9.17) is 4.74 Å². The first-order valence-electron chi connectivity index (χ1n) is 13.8. The third-order valence-corrected chi connectivity index (χ3v) is 7.34. The zero-order chi connectivity index (χ0) is 23.1. The molecule has 0 saturated heterocycles. The average Bonchev–Trinajstić information content (AvgIpc) is 2.86. The maximum Gasteiger partial charge on any atom is 0.159 e. The summed E-state index contributed by atoms with van der Waals surface area (Å²) < 4.78 is 6.02. The van der Waals surface area contributed by atoms with Gasteiger partial charge >= 0.3 is 0 Å². The maximum atomic E-state index is 6.02. The Morgan fingerprint density at radius 3 is 1.97 bits per heavy atom. The van der Waals surface area contributed by atoms with Gasteiger partial charge in [-0.3, -0.25) is 0 Å². The Labute approximate surface area is 202 Å². The molecule has 3 rings (SSSR count). The highest BCUT2D eigenvalue weighted by Crippen LogP contribution is 2.34. The van der Waals surface area contributed by atoms with E-state index in [2.05, 4.69) is 48.1 Å². The standard InChI is InChI=1S/C30H46N2O/c1-3-5-7-9-12-27-23-31-30(32-24-27)28-18-20-29(21-19-28)33-22-10-13-26-16-14-25(15-17-26)11-8-6-4-2/h18-21,23-26H,3-17,22H2,1-2H3. The molecule has 1 fully saturated rings. The van der Waals surface area contributed by atoms with Crippen molar-refractivity contribution in [3.05, 3.63) is 42.2 Å². The zero-order valence-electron chi connectivity index (χ0n) is 21.2. The zero-order valence-corrected chi connectivity index (χ0v) is 21.2. The van der Waals surface area contributed by atoms with E-state index in [1.165, 1.54) is 89.0 Å². The average molecular weight is 451 g/mol. The molecule has 1 aromatic heterocycles. The molecular weight excluding hydrogens is 404 g/mol. The summed E-state index contributed by atoms with van der Waals surface area (Å²) in [7, 11) is 0. The molecule has 1 aliphatic carbocycles. The predicted molar refractivity (Wildman–Crippen MR) is 140 cm³/mol. The number of rotatable bonds is 15. The van der Waals surface area contributed by atoms with Gasteiger partial charge in [0, 0.05) is 18.0 Å². The van der Waals surface area contributed by atoms with Crippen LogP contribution in [-0.4, -0.2) is 16.6 Å². The normalized spacial score (nSPS) is 18.4. The molecule has 1 saturated carbocycles. The van der Waals surface area contributed by atoms with Gasteiger partial charge in [0.05, 0.1) is 6.61 Å². The van der Waals surface area contributed by atoms with Crippen molar-refractivity contribution in [1.82, 2.24) is 9.97 Å². The van der Waals surface area contributed by atoms with E-state index in [0.29, 0.717) is 0 Å². The first-order valence-corrected chi connectivity index (χ1v) is 13.8. The second-order valence-corrected chi connectivity index (χ2v) is 10.1. The minimum absolute atomic E-state index is 0.796. The molecule has 1 aromatic carbocycles. The third-order valence-electron chi connectivity index (χ3n) is 7.34. The molecule has 182 valence electrons. The van der Waals surface area contributed by atoms with E-state index in [1.807, 2.05) is 12.4 Å². The highest BCUT2D eigenvalue weighted by molar-refractivity contribution is 5.55. The minimum atomic E-state index is 0.796. The molecule has 3 nitrogen and oxygen atoms in total. The largest absolute Gasteiger partial charge is 0.494 e. The predicted octanol–water partition coefficient (Wildman–Crippen LogP) is 8.81. The molecule has 3 heteroatoms. The quantitative estimate of drug-likeness (QED) is 0.254. The molecule has 0 amide bonds. The Kier molecular flexibility index (Phi) is 11.8. The van der Waals surface area contributed by atoms with Crippen molar-refractivity contribution in [2.45, 2.75) is 110 Å². The Hall–Kier alpha value is -1.90. The van der Waals surface area contributed by atoms with Gasteiger partial charge in [-0.25, -0.2) is 9.97 Å². The molecule has 1 aliphatic rings. The lowest BCUT2D eigenvalue weighted by atomic mass is 9.78. The van der Waals surface area contributed by atoms with Crippen LogP contribution in [0, 0.1) is 11.8 Å². The molecule has 33 heavy (non-hydrogen) atoms. The fourth-order valence-corrected chi connectivity index (χ4v) is 5.14. The first kappa shape index (κ1) is 25.7. The molecule has 0 atom stereocenters. The van der Waals surface area contributed by atoms with Crippen LogP contribution in [0.15, 0.2) is 36.7 Å². The van der Waals surface area contributed by atoms with Crippen LogP contribution in [-0.2, 0) is 6.42 Å². The highest BCUT2D eigenvalue weighted by Gasteiger charge is 2.20. The summed E-state index contributed by atoms with van der Waals surface area (Å²) in [5.74, 6) is 3.67. The van der Waals surface area contributed by atoms with Crippen LogP contribution in [0.1, 0.15) is 109 Å². The van der Waals surface area contributed by atoms with Crippen molar-refractivity contribution < 1.29 is 4.74 Å². The summed E-state index contributed by atoms with van der Waals surface area (Å²) in [5.41, 5.74) is 2.29. The lowest BCUT2D eigenvalue weighted by Crippen LogP contribution is -2.15. The second kappa shape index (κ2) is 15.1. The van der Waals surface area contributed by atoms with Gasteiger partial charge in [0.2, 0.25) is 0 Å². The Bertz CT molecular complexity index is 748. The molecule has 0 unspecified atom stereocenters. The van der Waals surface area contributed by atoms with Gasteiger partial charge in [-0.05, 0) is 67.3 Å². The number of hydrogen-bond acceptors (Lipinski definition) is 3. The van der Waals surface area contributed by atoms with Gasteiger partial charge < -0.3 is 4.74 Å². The van der Waals surface area contributed by atoms with Crippen molar-refractivity contribution in [1.29, 1.82) is 0 Å². The maximum absolute atomic E-state index is 6.02.